The molecule has 0 saturated heterocycles. The molecule has 0 radical (unpaired) electrons. The van der Waals surface area contributed by atoms with E-state index in [1.165, 1.54) is 5.56 Å². The smallest absolute Gasteiger partial charge is 0.0992 e. The molecule has 3 N–H and O–H groups in total. The Morgan fingerprint density at radius 1 is 1.12 bits per heavy atom. The number of benzene rings is 2. The van der Waals surface area contributed by atoms with Gasteiger partial charge in [-0.3, -0.25) is 0 Å². The highest BCUT2D eigenvalue weighted by Crippen LogP contribution is 2.20. The number of rotatable bonds is 3. The van der Waals surface area contributed by atoms with Crippen LogP contribution in [0.5, 0.6) is 0 Å². The minimum atomic E-state index is 0.577. The molecule has 0 bridgehead atoms. The number of nitrogen functional groups attached to an aromatic ring is 1. The molecule has 2 aromatic rings. The average Bonchev–Trinajstić information content (AvgIpc) is 2.38. The standard InChI is InChI=1S/C14H13N3/c15-9-12-6-7-14(13(16)8-12)17-10-11-4-2-1-3-5-11/h1-8,17H,10,16H2. The molecular formula is C14H13N3. The predicted molar refractivity (Wildman–Crippen MR) is 69.3 cm³/mol. The molecule has 0 aliphatic rings. The Labute approximate surface area is 101 Å². The highest BCUT2D eigenvalue weighted by Gasteiger charge is 2.00. The average molecular weight is 223 g/mol. The van der Waals surface area contributed by atoms with Crippen LogP contribution in [0.4, 0.5) is 11.4 Å². The van der Waals surface area contributed by atoms with Gasteiger partial charge >= 0.3 is 0 Å². The second kappa shape index (κ2) is 5.04. The maximum atomic E-state index is 8.73. The van der Waals surface area contributed by atoms with Crippen molar-refractivity contribution in [3.63, 3.8) is 0 Å². The SMILES string of the molecule is N#Cc1ccc(NCc2ccccc2)c(N)c1. The lowest BCUT2D eigenvalue weighted by atomic mass is 10.1. The summed E-state index contributed by atoms with van der Waals surface area (Å²) in [5.74, 6) is 0. The number of nitrogens with one attached hydrogen (secondary N) is 1. The van der Waals surface area contributed by atoms with Gasteiger partial charge in [0.1, 0.15) is 0 Å². The van der Waals surface area contributed by atoms with E-state index >= 15 is 0 Å². The van der Waals surface area contributed by atoms with E-state index in [0.29, 0.717) is 11.3 Å². The Balaban J connectivity index is 2.08. The molecule has 0 saturated carbocycles. The summed E-state index contributed by atoms with van der Waals surface area (Å²) in [6.07, 6.45) is 0. The van der Waals surface area contributed by atoms with E-state index in [2.05, 4.69) is 11.4 Å². The van der Waals surface area contributed by atoms with Crippen LogP contribution in [-0.2, 0) is 6.54 Å². The molecule has 17 heavy (non-hydrogen) atoms. The van der Waals surface area contributed by atoms with E-state index in [1.54, 1.807) is 12.1 Å². The van der Waals surface area contributed by atoms with Gasteiger partial charge in [0.25, 0.3) is 0 Å². The van der Waals surface area contributed by atoms with Gasteiger partial charge in [-0.25, -0.2) is 0 Å². The predicted octanol–water partition coefficient (Wildman–Crippen LogP) is 2.75. The molecule has 3 heteroatoms. The van der Waals surface area contributed by atoms with Crippen LogP contribution in [-0.4, -0.2) is 0 Å². The van der Waals surface area contributed by atoms with Crippen molar-refractivity contribution in [2.45, 2.75) is 6.54 Å². The van der Waals surface area contributed by atoms with Crippen LogP contribution in [0.2, 0.25) is 0 Å². The quantitative estimate of drug-likeness (QED) is 0.786. The fraction of sp³-hybridized carbons (Fsp3) is 0.0714. The van der Waals surface area contributed by atoms with Gasteiger partial charge in [0.2, 0.25) is 0 Å². The maximum Gasteiger partial charge on any atom is 0.0992 e. The molecule has 0 unspecified atom stereocenters. The number of nitriles is 1. The lowest BCUT2D eigenvalue weighted by molar-refractivity contribution is 1.15. The summed E-state index contributed by atoms with van der Waals surface area (Å²) in [6.45, 7) is 0.719. The van der Waals surface area contributed by atoms with Crippen LogP contribution in [0.1, 0.15) is 11.1 Å². The number of anilines is 2. The van der Waals surface area contributed by atoms with Gasteiger partial charge in [-0.05, 0) is 23.8 Å². The zero-order valence-corrected chi connectivity index (χ0v) is 9.35. The van der Waals surface area contributed by atoms with Gasteiger partial charge < -0.3 is 11.1 Å². The molecule has 3 nitrogen and oxygen atoms in total. The van der Waals surface area contributed by atoms with E-state index in [0.717, 1.165) is 12.2 Å². The summed E-state index contributed by atoms with van der Waals surface area (Å²) in [5, 5.41) is 12.0. The molecule has 2 rings (SSSR count). The Kier molecular flexibility index (Phi) is 3.27. The third-order valence-corrected chi connectivity index (χ3v) is 2.51. The number of hydrogen-bond donors (Lipinski definition) is 2. The van der Waals surface area contributed by atoms with Crippen molar-refractivity contribution in [3.8, 4) is 6.07 Å². The van der Waals surface area contributed by atoms with Crippen LogP contribution in [0.15, 0.2) is 48.5 Å². The van der Waals surface area contributed by atoms with E-state index in [4.69, 9.17) is 11.0 Å². The van der Waals surface area contributed by atoms with E-state index < -0.39 is 0 Å². The third kappa shape index (κ3) is 2.76. The Bertz CT molecular complexity index is 541. The zero-order chi connectivity index (χ0) is 12.1. The first-order valence-corrected chi connectivity index (χ1v) is 5.37. The summed E-state index contributed by atoms with van der Waals surface area (Å²) < 4.78 is 0. The van der Waals surface area contributed by atoms with Crippen LogP contribution in [0, 0.1) is 11.3 Å². The first-order chi connectivity index (χ1) is 8.29. The first kappa shape index (κ1) is 11.0. The zero-order valence-electron chi connectivity index (χ0n) is 9.35. The highest BCUT2D eigenvalue weighted by molar-refractivity contribution is 5.68. The normalized spacial score (nSPS) is 9.59. The van der Waals surface area contributed by atoms with Crippen LogP contribution in [0.25, 0.3) is 0 Å². The number of nitrogens with two attached hydrogens (primary N) is 1. The highest BCUT2D eigenvalue weighted by atomic mass is 14.9. The van der Waals surface area contributed by atoms with Crippen LogP contribution < -0.4 is 11.1 Å². The number of nitrogens with zero attached hydrogens (tertiary/aromatic N) is 1. The van der Waals surface area contributed by atoms with Gasteiger partial charge in [-0.1, -0.05) is 30.3 Å². The Hall–Kier alpha value is -2.47. The van der Waals surface area contributed by atoms with Gasteiger partial charge in [-0.2, -0.15) is 5.26 Å². The molecule has 0 atom stereocenters. The number of hydrogen-bond acceptors (Lipinski definition) is 3. The lowest BCUT2D eigenvalue weighted by Crippen LogP contribution is -2.02. The molecule has 0 amide bonds. The molecule has 0 fully saturated rings. The molecule has 0 aliphatic heterocycles. The molecule has 0 spiro atoms. The van der Waals surface area contributed by atoms with Crippen molar-refractivity contribution in [1.82, 2.24) is 0 Å². The van der Waals surface area contributed by atoms with Crippen LogP contribution in [0.3, 0.4) is 0 Å². The Morgan fingerprint density at radius 3 is 2.53 bits per heavy atom. The minimum absolute atomic E-state index is 0.577. The first-order valence-electron chi connectivity index (χ1n) is 5.37. The lowest BCUT2D eigenvalue weighted by Gasteiger charge is -2.09. The minimum Gasteiger partial charge on any atom is -0.397 e. The van der Waals surface area contributed by atoms with E-state index in [9.17, 15) is 0 Å². The third-order valence-electron chi connectivity index (χ3n) is 2.51. The summed E-state index contributed by atoms with van der Waals surface area (Å²) in [5.41, 5.74) is 9.07. The van der Waals surface area contributed by atoms with E-state index in [-0.39, 0.29) is 0 Å². The fourth-order valence-corrected chi connectivity index (χ4v) is 1.59. The van der Waals surface area contributed by atoms with Crippen molar-refractivity contribution >= 4 is 11.4 Å². The Morgan fingerprint density at radius 2 is 1.88 bits per heavy atom. The van der Waals surface area contributed by atoms with Crippen molar-refractivity contribution in [2.24, 2.45) is 0 Å². The van der Waals surface area contributed by atoms with Gasteiger partial charge in [0.15, 0.2) is 0 Å². The molecule has 0 heterocycles. The van der Waals surface area contributed by atoms with Crippen LogP contribution >= 0.6 is 0 Å². The second-order valence-corrected chi connectivity index (χ2v) is 3.75. The van der Waals surface area contributed by atoms with Crippen molar-refractivity contribution < 1.29 is 0 Å². The van der Waals surface area contributed by atoms with Crippen molar-refractivity contribution in [3.05, 3.63) is 59.7 Å². The molecule has 84 valence electrons. The van der Waals surface area contributed by atoms with Crippen molar-refractivity contribution in [1.29, 1.82) is 5.26 Å². The molecule has 0 aromatic heterocycles. The van der Waals surface area contributed by atoms with Crippen molar-refractivity contribution in [2.75, 3.05) is 11.1 Å². The summed E-state index contributed by atoms with van der Waals surface area (Å²) in [4.78, 5) is 0. The monoisotopic (exact) mass is 223 g/mol. The van der Waals surface area contributed by atoms with Gasteiger partial charge in [0, 0.05) is 6.54 Å². The van der Waals surface area contributed by atoms with Gasteiger partial charge in [-0.15, -0.1) is 0 Å². The summed E-state index contributed by atoms with van der Waals surface area (Å²) in [6, 6.07) is 17.4. The molecular weight excluding hydrogens is 210 g/mol. The largest absolute Gasteiger partial charge is 0.397 e. The molecule has 0 aliphatic carbocycles. The second-order valence-electron chi connectivity index (χ2n) is 3.75. The topological polar surface area (TPSA) is 61.8 Å². The summed E-state index contributed by atoms with van der Waals surface area (Å²) >= 11 is 0. The fourth-order valence-electron chi connectivity index (χ4n) is 1.59. The maximum absolute atomic E-state index is 8.73. The molecule has 2 aromatic carbocycles. The van der Waals surface area contributed by atoms with E-state index in [1.807, 2.05) is 36.4 Å². The summed E-state index contributed by atoms with van der Waals surface area (Å²) in [7, 11) is 0. The van der Waals surface area contributed by atoms with Gasteiger partial charge in [0.05, 0.1) is 23.0 Å².